The van der Waals surface area contributed by atoms with Crippen LogP contribution in [0.2, 0.25) is 0 Å². The van der Waals surface area contributed by atoms with Crippen molar-refractivity contribution >= 4 is 5.91 Å². The van der Waals surface area contributed by atoms with Crippen LogP contribution in [0.25, 0.3) is 0 Å². The molecule has 2 rings (SSSR count). The van der Waals surface area contributed by atoms with Gasteiger partial charge in [0.05, 0.1) is 0 Å². The molecular weight excluding hydrogens is 292 g/mol. The minimum atomic E-state index is -0.523. The van der Waals surface area contributed by atoms with Gasteiger partial charge in [-0.2, -0.15) is 0 Å². The van der Waals surface area contributed by atoms with Crippen LogP contribution >= 0.6 is 0 Å². The maximum atomic E-state index is 11.4. The molecule has 1 aliphatic rings. The molecule has 5 heteroatoms. The van der Waals surface area contributed by atoms with E-state index in [0.717, 1.165) is 37.4 Å². The standard InChI is InChI=1S/C18H28N2O3/c1-14-6-4-5-7-18(14)23-13-17(22)12-19(3)10-16-8-9-20(11-16)15(2)21/h4-7,16-17,22H,8-13H2,1-3H3. The molecule has 0 bridgehead atoms. The smallest absolute Gasteiger partial charge is 0.219 e. The summed E-state index contributed by atoms with van der Waals surface area (Å²) in [5.41, 5.74) is 1.07. The molecule has 23 heavy (non-hydrogen) atoms. The average Bonchev–Trinajstić information content (AvgIpc) is 2.95. The van der Waals surface area contributed by atoms with Gasteiger partial charge in [0.15, 0.2) is 0 Å². The molecule has 1 aromatic carbocycles. The van der Waals surface area contributed by atoms with Crippen LogP contribution in [0.5, 0.6) is 5.75 Å². The molecule has 128 valence electrons. The summed E-state index contributed by atoms with van der Waals surface area (Å²) >= 11 is 0. The lowest BCUT2D eigenvalue weighted by atomic mass is 10.1. The Labute approximate surface area is 138 Å². The van der Waals surface area contributed by atoms with E-state index < -0.39 is 6.10 Å². The molecule has 0 spiro atoms. The Morgan fingerprint density at radius 1 is 1.48 bits per heavy atom. The minimum Gasteiger partial charge on any atom is -0.491 e. The van der Waals surface area contributed by atoms with Gasteiger partial charge in [-0.05, 0) is 37.9 Å². The molecule has 1 heterocycles. The van der Waals surface area contributed by atoms with Gasteiger partial charge < -0.3 is 19.6 Å². The fourth-order valence-corrected chi connectivity index (χ4v) is 3.10. The minimum absolute atomic E-state index is 0.154. The van der Waals surface area contributed by atoms with Crippen LogP contribution in [0.1, 0.15) is 18.9 Å². The molecule has 1 N–H and O–H groups in total. The van der Waals surface area contributed by atoms with Crippen LogP contribution in [-0.2, 0) is 4.79 Å². The monoisotopic (exact) mass is 320 g/mol. The second-order valence-corrected chi connectivity index (χ2v) is 6.57. The average molecular weight is 320 g/mol. The third kappa shape index (κ3) is 5.52. The zero-order chi connectivity index (χ0) is 16.8. The summed E-state index contributed by atoms with van der Waals surface area (Å²) in [4.78, 5) is 15.4. The third-order valence-electron chi connectivity index (χ3n) is 4.35. The maximum absolute atomic E-state index is 11.4. The van der Waals surface area contributed by atoms with E-state index in [4.69, 9.17) is 4.74 Å². The van der Waals surface area contributed by atoms with Crippen LogP contribution in [-0.4, -0.2) is 66.8 Å². The van der Waals surface area contributed by atoms with E-state index in [1.165, 1.54) is 0 Å². The van der Waals surface area contributed by atoms with Crippen molar-refractivity contribution < 1.29 is 14.6 Å². The van der Waals surface area contributed by atoms with Crippen LogP contribution in [0, 0.1) is 12.8 Å². The van der Waals surface area contributed by atoms with Gasteiger partial charge in [-0.15, -0.1) is 0 Å². The van der Waals surface area contributed by atoms with Gasteiger partial charge in [-0.3, -0.25) is 4.79 Å². The number of aliphatic hydroxyl groups excluding tert-OH is 1. The molecular formula is C18H28N2O3. The van der Waals surface area contributed by atoms with E-state index in [2.05, 4.69) is 4.90 Å². The van der Waals surface area contributed by atoms with Crippen molar-refractivity contribution in [2.45, 2.75) is 26.4 Å². The van der Waals surface area contributed by atoms with E-state index in [-0.39, 0.29) is 5.91 Å². The second kappa shape index (κ2) is 8.31. The van der Waals surface area contributed by atoms with Gasteiger partial charge in [0.2, 0.25) is 5.91 Å². The predicted octanol–water partition coefficient (Wildman–Crippen LogP) is 1.53. The van der Waals surface area contributed by atoms with Gasteiger partial charge >= 0.3 is 0 Å². The lowest BCUT2D eigenvalue weighted by Crippen LogP contribution is -2.37. The molecule has 0 aromatic heterocycles. The lowest BCUT2D eigenvalue weighted by molar-refractivity contribution is -0.127. The van der Waals surface area contributed by atoms with E-state index >= 15 is 0 Å². The van der Waals surface area contributed by atoms with Gasteiger partial charge in [0.25, 0.3) is 0 Å². The number of para-hydroxylation sites is 1. The summed E-state index contributed by atoms with van der Waals surface area (Å²) in [5, 5.41) is 10.2. The van der Waals surface area contributed by atoms with Gasteiger partial charge in [0.1, 0.15) is 18.5 Å². The van der Waals surface area contributed by atoms with Crippen LogP contribution in [0.3, 0.4) is 0 Å². The van der Waals surface area contributed by atoms with Crippen molar-refractivity contribution in [1.82, 2.24) is 9.80 Å². The number of hydrogen-bond acceptors (Lipinski definition) is 4. The van der Waals surface area contributed by atoms with Crippen molar-refractivity contribution in [1.29, 1.82) is 0 Å². The van der Waals surface area contributed by atoms with E-state index in [1.807, 2.05) is 43.1 Å². The van der Waals surface area contributed by atoms with Crippen molar-refractivity contribution in [3.8, 4) is 5.75 Å². The number of carbonyl (C=O) groups is 1. The normalized spacial score (nSPS) is 19.2. The number of likely N-dealkylation sites (N-methyl/N-ethyl adjacent to an activating group) is 1. The van der Waals surface area contributed by atoms with Crippen molar-refractivity contribution in [3.05, 3.63) is 29.8 Å². The van der Waals surface area contributed by atoms with E-state index in [0.29, 0.717) is 19.1 Å². The number of rotatable bonds is 7. The van der Waals surface area contributed by atoms with Gasteiger partial charge in [-0.25, -0.2) is 0 Å². The Morgan fingerprint density at radius 2 is 2.22 bits per heavy atom. The predicted molar refractivity (Wildman–Crippen MR) is 90.5 cm³/mol. The zero-order valence-corrected chi connectivity index (χ0v) is 14.4. The Hall–Kier alpha value is -1.59. The highest BCUT2D eigenvalue weighted by atomic mass is 16.5. The van der Waals surface area contributed by atoms with Gasteiger partial charge in [0, 0.05) is 33.1 Å². The summed E-state index contributed by atoms with van der Waals surface area (Å²) in [7, 11) is 2.01. The molecule has 0 radical (unpaired) electrons. The summed E-state index contributed by atoms with van der Waals surface area (Å²) in [6.07, 6.45) is 0.518. The molecule has 2 atom stereocenters. The fourth-order valence-electron chi connectivity index (χ4n) is 3.10. The zero-order valence-electron chi connectivity index (χ0n) is 14.4. The van der Waals surface area contributed by atoms with Crippen LogP contribution < -0.4 is 4.74 Å². The first-order valence-corrected chi connectivity index (χ1v) is 8.26. The third-order valence-corrected chi connectivity index (χ3v) is 4.35. The molecule has 1 aromatic rings. The number of aliphatic hydroxyl groups is 1. The number of amides is 1. The van der Waals surface area contributed by atoms with Crippen molar-refractivity contribution in [2.75, 3.05) is 39.8 Å². The lowest BCUT2D eigenvalue weighted by Gasteiger charge is -2.24. The summed E-state index contributed by atoms with van der Waals surface area (Å²) < 4.78 is 5.69. The van der Waals surface area contributed by atoms with E-state index in [9.17, 15) is 9.90 Å². The summed E-state index contributed by atoms with van der Waals surface area (Å²) in [6, 6.07) is 7.81. The second-order valence-electron chi connectivity index (χ2n) is 6.57. The number of aryl methyl sites for hydroxylation is 1. The largest absolute Gasteiger partial charge is 0.491 e. The number of benzene rings is 1. The first-order chi connectivity index (χ1) is 11.0. The Bertz CT molecular complexity index is 521. The SMILES string of the molecule is CC(=O)N1CCC(CN(C)CC(O)COc2ccccc2C)C1. The highest BCUT2D eigenvalue weighted by molar-refractivity contribution is 5.73. The van der Waals surface area contributed by atoms with Crippen LogP contribution in [0.4, 0.5) is 0 Å². The Balaban J connectivity index is 1.70. The molecule has 1 fully saturated rings. The van der Waals surface area contributed by atoms with Crippen LogP contribution in [0.15, 0.2) is 24.3 Å². The molecule has 1 amide bonds. The molecule has 5 nitrogen and oxygen atoms in total. The number of nitrogens with zero attached hydrogens (tertiary/aromatic N) is 2. The first-order valence-electron chi connectivity index (χ1n) is 8.26. The number of hydrogen-bond donors (Lipinski definition) is 1. The maximum Gasteiger partial charge on any atom is 0.219 e. The number of carbonyl (C=O) groups excluding carboxylic acids is 1. The summed E-state index contributed by atoms with van der Waals surface area (Å²) in [6.45, 7) is 7.06. The van der Waals surface area contributed by atoms with E-state index in [1.54, 1.807) is 6.92 Å². The Morgan fingerprint density at radius 3 is 2.87 bits per heavy atom. The fraction of sp³-hybridized carbons (Fsp3) is 0.611. The quantitative estimate of drug-likeness (QED) is 0.828. The van der Waals surface area contributed by atoms with Crippen molar-refractivity contribution in [3.63, 3.8) is 0 Å². The Kier molecular flexibility index (Phi) is 6.42. The topological polar surface area (TPSA) is 53.0 Å². The number of ether oxygens (including phenoxy) is 1. The molecule has 0 saturated carbocycles. The number of likely N-dealkylation sites (tertiary alicyclic amines) is 1. The molecule has 2 unspecified atom stereocenters. The summed E-state index contributed by atoms with van der Waals surface area (Å²) in [5.74, 6) is 1.47. The molecule has 1 aliphatic heterocycles. The molecule has 1 saturated heterocycles. The highest BCUT2D eigenvalue weighted by Gasteiger charge is 2.25. The van der Waals surface area contributed by atoms with Crippen molar-refractivity contribution in [2.24, 2.45) is 5.92 Å². The first kappa shape index (κ1) is 17.8. The van der Waals surface area contributed by atoms with Gasteiger partial charge in [-0.1, -0.05) is 18.2 Å². The molecule has 0 aliphatic carbocycles. The highest BCUT2D eigenvalue weighted by Crippen LogP contribution is 2.18.